The molecule has 0 spiro atoms. The highest BCUT2D eigenvalue weighted by atomic mass is 16.5. The van der Waals surface area contributed by atoms with Gasteiger partial charge in [-0.25, -0.2) is 9.48 Å². The molecule has 0 saturated carbocycles. The minimum absolute atomic E-state index is 0.253. The van der Waals surface area contributed by atoms with Gasteiger partial charge in [0.05, 0.1) is 17.9 Å². The molecule has 1 amide bonds. The summed E-state index contributed by atoms with van der Waals surface area (Å²) in [6, 6.07) is 13.5. The Hall–Kier alpha value is -3.55. The van der Waals surface area contributed by atoms with Gasteiger partial charge in [-0.2, -0.15) is 0 Å². The van der Waals surface area contributed by atoms with Crippen LogP contribution in [0.15, 0.2) is 54.9 Å². The van der Waals surface area contributed by atoms with Crippen LogP contribution >= 0.6 is 0 Å². The first-order valence-corrected chi connectivity index (χ1v) is 8.59. The Kier molecular flexibility index (Phi) is 5.88. The molecule has 0 radical (unpaired) electrons. The lowest BCUT2D eigenvalue weighted by atomic mass is 10.1. The van der Waals surface area contributed by atoms with Gasteiger partial charge in [0.15, 0.2) is 0 Å². The molecule has 1 aromatic heterocycles. The molecule has 3 aromatic rings. The van der Waals surface area contributed by atoms with Crippen molar-refractivity contribution < 1.29 is 14.3 Å². The molecule has 0 atom stereocenters. The van der Waals surface area contributed by atoms with Crippen molar-refractivity contribution in [3.05, 3.63) is 66.0 Å². The highest BCUT2D eigenvalue weighted by Gasteiger charge is 2.09. The van der Waals surface area contributed by atoms with Crippen LogP contribution < -0.4 is 5.32 Å². The van der Waals surface area contributed by atoms with Crippen molar-refractivity contribution in [2.24, 2.45) is 0 Å². The van der Waals surface area contributed by atoms with Gasteiger partial charge in [-0.1, -0.05) is 13.3 Å². The molecule has 0 aliphatic heterocycles. The van der Waals surface area contributed by atoms with E-state index in [1.807, 2.05) is 6.92 Å². The first-order valence-electron chi connectivity index (χ1n) is 8.59. The van der Waals surface area contributed by atoms with Crippen molar-refractivity contribution in [3.8, 4) is 5.69 Å². The standard InChI is InChI=1S/C19H19N5O3/c1-2-3-12-27-19(26)15-4-8-16(9-5-15)21-18(25)14-6-10-17(11-7-14)24-13-20-22-23-24/h4-11,13H,2-3,12H2,1H3,(H,21,25). The number of ether oxygens (including phenoxy) is 1. The van der Waals surface area contributed by atoms with E-state index in [0.29, 0.717) is 23.4 Å². The largest absolute Gasteiger partial charge is 0.462 e. The lowest BCUT2D eigenvalue weighted by Gasteiger charge is -2.08. The van der Waals surface area contributed by atoms with E-state index in [1.54, 1.807) is 48.5 Å². The minimum atomic E-state index is -0.362. The van der Waals surface area contributed by atoms with E-state index in [9.17, 15) is 9.59 Å². The molecule has 8 heteroatoms. The number of esters is 1. The van der Waals surface area contributed by atoms with Crippen molar-refractivity contribution >= 4 is 17.6 Å². The van der Waals surface area contributed by atoms with Crippen molar-refractivity contribution in [2.45, 2.75) is 19.8 Å². The van der Waals surface area contributed by atoms with Crippen LogP contribution in [0.3, 0.4) is 0 Å². The number of tetrazole rings is 1. The summed E-state index contributed by atoms with van der Waals surface area (Å²) in [7, 11) is 0. The molecule has 0 unspecified atom stereocenters. The first-order chi connectivity index (χ1) is 13.2. The number of carbonyl (C=O) groups is 2. The van der Waals surface area contributed by atoms with Crippen molar-refractivity contribution in [2.75, 3.05) is 11.9 Å². The van der Waals surface area contributed by atoms with Crippen molar-refractivity contribution in [1.29, 1.82) is 0 Å². The third-order valence-electron chi connectivity index (χ3n) is 3.85. The summed E-state index contributed by atoms with van der Waals surface area (Å²) in [6.07, 6.45) is 3.28. The van der Waals surface area contributed by atoms with E-state index in [0.717, 1.165) is 18.5 Å². The Bertz CT molecular complexity index is 890. The second-order valence-corrected chi connectivity index (χ2v) is 5.82. The lowest BCUT2D eigenvalue weighted by Crippen LogP contribution is -2.12. The molecule has 1 heterocycles. The monoisotopic (exact) mass is 365 g/mol. The third-order valence-corrected chi connectivity index (χ3v) is 3.85. The maximum atomic E-state index is 12.4. The maximum Gasteiger partial charge on any atom is 0.338 e. The molecular weight excluding hydrogens is 346 g/mol. The number of hydrogen-bond acceptors (Lipinski definition) is 6. The molecule has 2 aromatic carbocycles. The highest BCUT2D eigenvalue weighted by Crippen LogP contribution is 2.14. The summed E-state index contributed by atoms with van der Waals surface area (Å²) in [5.74, 6) is -0.615. The number of amides is 1. The smallest absolute Gasteiger partial charge is 0.338 e. The van der Waals surface area contributed by atoms with Crippen LogP contribution in [0.25, 0.3) is 5.69 Å². The van der Waals surface area contributed by atoms with Crippen molar-refractivity contribution in [3.63, 3.8) is 0 Å². The number of anilines is 1. The van der Waals surface area contributed by atoms with Gasteiger partial charge in [0.2, 0.25) is 0 Å². The average Bonchev–Trinajstić information content (AvgIpc) is 3.23. The van der Waals surface area contributed by atoms with Crippen LogP contribution in [0.4, 0.5) is 5.69 Å². The van der Waals surface area contributed by atoms with Gasteiger partial charge in [0.25, 0.3) is 5.91 Å². The fourth-order valence-electron chi connectivity index (χ4n) is 2.33. The van der Waals surface area contributed by atoms with Crippen LogP contribution in [-0.4, -0.2) is 38.7 Å². The molecule has 0 aliphatic carbocycles. The molecule has 27 heavy (non-hydrogen) atoms. The molecule has 0 aliphatic rings. The lowest BCUT2D eigenvalue weighted by molar-refractivity contribution is 0.0499. The van der Waals surface area contributed by atoms with E-state index < -0.39 is 0 Å². The van der Waals surface area contributed by atoms with Gasteiger partial charge in [-0.3, -0.25) is 4.79 Å². The van der Waals surface area contributed by atoms with E-state index in [-0.39, 0.29) is 11.9 Å². The van der Waals surface area contributed by atoms with Crippen LogP contribution in [0.5, 0.6) is 0 Å². The van der Waals surface area contributed by atoms with Crippen LogP contribution in [-0.2, 0) is 4.74 Å². The fourth-order valence-corrected chi connectivity index (χ4v) is 2.33. The molecule has 0 saturated heterocycles. The Morgan fingerprint density at radius 2 is 1.74 bits per heavy atom. The summed E-state index contributed by atoms with van der Waals surface area (Å²) < 4.78 is 6.66. The molecule has 3 rings (SSSR count). The van der Waals surface area contributed by atoms with E-state index >= 15 is 0 Å². The van der Waals surface area contributed by atoms with E-state index in [1.165, 1.54) is 11.0 Å². The van der Waals surface area contributed by atoms with E-state index in [2.05, 4.69) is 20.8 Å². The normalized spacial score (nSPS) is 10.4. The van der Waals surface area contributed by atoms with Crippen molar-refractivity contribution in [1.82, 2.24) is 20.2 Å². The Balaban J connectivity index is 1.60. The molecule has 138 valence electrons. The van der Waals surface area contributed by atoms with Gasteiger partial charge in [0, 0.05) is 11.3 Å². The molecular formula is C19H19N5O3. The highest BCUT2D eigenvalue weighted by molar-refractivity contribution is 6.04. The topological polar surface area (TPSA) is 99.0 Å². The van der Waals surface area contributed by atoms with Gasteiger partial charge in [0.1, 0.15) is 6.33 Å². The molecule has 8 nitrogen and oxygen atoms in total. The number of rotatable bonds is 7. The quantitative estimate of drug-likeness (QED) is 0.510. The third kappa shape index (κ3) is 4.75. The molecule has 1 N–H and O–H groups in total. The Labute approximate surface area is 156 Å². The van der Waals surface area contributed by atoms with Crippen LogP contribution in [0, 0.1) is 0 Å². The summed E-state index contributed by atoms with van der Waals surface area (Å²) in [6.45, 7) is 2.44. The van der Waals surface area contributed by atoms with Gasteiger partial charge >= 0.3 is 5.97 Å². The predicted molar refractivity (Wildman–Crippen MR) is 98.7 cm³/mol. The number of nitrogens with one attached hydrogen (secondary N) is 1. The summed E-state index contributed by atoms with van der Waals surface area (Å²) >= 11 is 0. The zero-order valence-electron chi connectivity index (χ0n) is 14.8. The fraction of sp³-hybridized carbons (Fsp3) is 0.211. The molecule has 0 bridgehead atoms. The van der Waals surface area contributed by atoms with Crippen LogP contribution in [0.1, 0.15) is 40.5 Å². The number of unbranched alkanes of at least 4 members (excludes halogenated alkanes) is 1. The summed E-state index contributed by atoms with van der Waals surface area (Å²) in [4.78, 5) is 24.2. The zero-order valence-corrected chi connectivity index (χ0v) is 14.8. The second kappa shape index (κ2) is 8.70. The van der Waals surface area contributed by atoms with Crippen LogP contribution in [0.2, 0.25) is 0 Å². The summed E-state index contributed by atoms with van der Waals surface area (Å²) in [5.41, 5.74) is 2.29. The average molecular weight is 365 g/mol. The number of hydrogen-bond donors (Lipinski definition) is 1. The zero-order chi connectivity index (χ0) is 19.1. The first kappa shape index (κ1) is 18.2. The second-order valence-electron chi connectivity index (χ2n) is 5.82. The number of aromatic nitrogens is 4. The predicted octanol–water partition coefficient (Wildman–Crippen LogP) is 2.87. The number of carbonyl (C=O) groups excluding carboxylic acids is 2. The van der Waals surface area contributed by atoms with Gasteiger partial charge in [-0.15, -0.1) is 5.10 Å². The molecule has 0 fully saturated rings. The number of nitrogens with zero attached hydrogens (tertiary/aromatic N) is 4. The van der Waals surface area contributed by atoms with E-state index in [4.69, 9.17) is 4.74 Å². The Morgan fingerprint density at radius 1 is 1.04 bits per heavy atom. The summed E-state index contributed by atoms with van der Waals surface area (Å²) in [5, 5.41) is 13.7. The van der Waals surface area contributed by atoms with Gasteiger partial charge in [-0.05, 0) is 65.4 Å². The van der Waals surface area contributed by atoms with Gasteiger partial charge < -0.3 is 10.1 Å². The number of benzene rings is 2. The minimum Gasteiger partial charge on any atom is -0.462 e. The Morgan fingerprint density at radius 3 is 2.37 bits per heavy atom. The SMILES string of the molecule is CCCCOC(=O)c1ccc(NC(=O)c2ccc(-n3cnnn3)cc2)cc1. The maximum absolute atomic E-state index is 12.4.